The Balaban J connectivity index is 2.11. The van der Waals surface area contributed by atoms with Gasteiger partial charge in [0.1, 0.15) is 19.0 Å². The Morgan fingerprint density at radius 2 is 1.76 bits per heavy atom. The third kappa shape index (κ3) is 6.25. The lowest BCUT2D eigenvalue weighted by Gasteiger charge is -2.18. The molecule has 3 aromatic rings. The summed E-state index contributed by atoms with van der Waals surface area (Å²) < 4.78 is 18.9. The molecule has 2 aromatic carbocycles. The van der Waals surface area contributed by atoms with Crippen LogP contribution in [0.1, 0.15) is 46.1 Å². The van der Waals surface area contributed by atoms with E-state index >= 15 is 0 Å². The van der Waals surface area contributed by atoms with Crippen LogP contribution in [0.2, 0.25) is 0 Å². The van der Waals surface area contributed by atoms with Crippen molar-refractivity contribution in [3.63, 3.8) is 0 Å². The molecule has 1 heterocycles. The van der Waals surface area contributed by atoms with Gasteiger partial charge in [-0.3, -0.25) is 9.59 Å². The number of carbonyl (C=O) groups is 1. The zero-order valence-electron chi connectivity index (χ0n) is 19.7. The van der Waals surface area contributed by atoms with Crippen molar-refractivity contribution in [2.75, 3.05) is 6.61 Å². The van der Waals surface area contributed by atoms with Gasteiger partial charge < -0.3 is 18.8 Å². The first-order chi connectivity index (χ1) is 15.9. The number of esters is 1. The Bertz CT molecular complexity index is 1190. The molecule has 6 heteroatoms. The molecule has 0 bridgehead atoms. The van der Waals surface area contributed by atoms with Crippen LogP contribution in [-0.4, -0.2) is 17.1 Å². The molecule has 0 atom stereocenters. The first-order valence-corrected chi connectivity index (χ1v) is 11.2. The van der Waals surface area contributed by atoms with E-state index in [1.54, 1.807) is 4.57 Å². The van der Waals surface area contributed by atoms with E-state index in [1.807, 2.05) is 68.5 Å². The van der Waals surface area contributed by atoms with Crippen molar-refractivity contribution in [3.8, 4) is 17.2 Å². The Hall–Kier alpha value is -3.54. The van der Waals surface area contributed by atoms with E-state index in [0.717, 1.165) is 24.0 Å². The molecule has 3 rings (SSSR count). The zero-order valence-corrected chi connectivity index (χ0v) is 19.7. The van der Waals surface area contributed by atoms with Gasteiger partial charge in [0.2, 0.25) is 5.75 Å². The predicted octanol–water partition coefficient (Wildman–Crippen LogP) is 5.65. The van der Waals surface area contributed by atoms with E-state index in [0.29, 0.717) is 29.8 Å². The summed E-state index contributed by atoms with van der Waals surface area (Å²) in [6.07, 6.45) is 3.63. The summed E-state index contributed by atoms with van der Waals surface area (Å²) in [6, 6.07) is 15.4. The first kappa shape index (κ1) is 24.1. The van der Waals surface area contributed by atoms with Gasteiger partial charge in [0, 0.05) is 24.9 Å². The predicted molar refractivity (Wildman–Crippen MR) is 130 cm³/mol. The Morgan fingerprint density at radius 3 is 2.42 bits per heavy atom. The SMILES string of the molecule is CCCCn1c(=O)c(OC(C)=O)c(OCC=C(C)C)c2ccc(OCc3ccccc3)cc21. The van der Waals surface area contributed by atoms with Crippen molar-refractivity contribution in [2.45, 2.75) is 53.7 Å². The fourth-order valence-electron chi connectivity index (χ4n) is 3.42. The van der Waals surface area contributed by atoms with E-state index in [2.05, 4.69) is 6.92 Å². The number of nitrogens with zero attached hydrogens (tertiary/aromatic N) is 1. The Morgan fingerprint density at radius 1 is 1.00 bits per heavy atom. The maximum Gasteiger partial charge on any atom is 0.308 e. The number of fused-ring (bicyclic) bond motifs is 1. The van der Waals surface area contributed by atoms with Crippen LogP contribution in [0.3, 0.4) is 0 Å². The highest BCUT2D eigenvalue weighted by Gasteiger charge is 2.21. The van der Waals surface area contributed by atoms with Gasteiger partial charge in [-0.25, -0.2) is 0 Å². The molecule has 0 amide bonds. The third-order valence-corrected chi connectivity index (χ3v) is 5.10. The van der Waals surface area contributed by atoms with E-state index in [9.17, 15) is 9.59 Å². The molecular formula is C27H31NO5. The minimum Gasteiger partial charge on any atom is -0.489 e. The number of unbranched alkanes of at least 4 members (excludes halogenated alkanes) is 1. The molecule has 0 saturated heterocycles. The van der Waals surface area contributed by atoms with Crippen molar-refractivity contribution in [2.24, 2.45) is 0 Å². The van der Waals surface area contributed by atoms with E-state index in [-0.39, 0.29) is 18.1 Å². The lowest BCUT2D eigenvalue weighted by molar-refractivity contribution is -0.132. The van der Waals surface area contributed by atoms with Gasteiger partial charge in [0.15, 0.2) is 5.75 Å². The molecule has 33 heavy (non-hydrogen) atoms. The van der Waals surface area contributed by atoms with Gasteiger partial charge >= 0.3 is 5.97 Å². The highest BCUT2D eigenvalue weighted by molar-refractivity contribution is 5.90. The van der Waals surface area contributed by atoms with Crippen molar-refractivity contribution >= 4 is 16.9 Å². The summed E-state index contributed by atoms with van der Waals surface area (Å²) in [5.74, 6) is 0.270. The molecule has 1 aromatic heterocycles. The van der Waals surface area contributed by atoms with Crippen molar-refractivity contribution < 1.29 is 19.0 Å². The average Bonchev–Trinajstić information content (AvgIpc) is 2.79. The van der Waals surface area contributed by atoms with Crippen LogP contribution in [-0.2, 0) is 17.9 Å². The number of pyridine rings is 1. The Kier molecular flexibility index (Phi) is 8.30. The highest BCUT2D eigenvalue weighted by Crippen LogP contribution is 2.35. The molecule has 0 aliphatic rings. The molecular weight excluding hydrogens is 418 g/mol. The summed E-state index contributed by atoms with van der Waals surface area (Å²) in [5, 5.41) is 0.691. The topological polar surface area (TPSA) is 66.8 Å². The number of hydrogen-bond donors (Lipinski definition) is 0. The molecule has 0 saturated carbocycles. The molecule has 0 spiro atoms. The minimum atomic E-state index is -0.566. The van der Waals surface area contributed by atoms with E-state index < -0.39 is 11.5 Å². The van der Waals surface area contributed by atoms with Gasteiger partial charge in [-0.05, 0) is 44.0 Å². The number of carbonyl (C=O) groups excluding carboxylic acids is 1. The van der Waals surface area contributed by atoms with Crippen LogP contribution >= 0.6 is 0 Å². The normalized spacial score (nSPS) is 10.7. The van der Waals surface area contributed by atoms with Crippen LogP contribution in [0.15, 0.2) is 65.0 Å². The van der Waals surface area contributed by atoms with Crippen LogP contribution in [0, 0.1) is 0 Å². The molecule has 0 fully saturated rings. The van der Waals surface area contributed by atoms with Crippen LogP contribution in [0.4, 0.5) is 0 Å². The fourth-order valence-corrected chi connectivity index (χ4v) is 3.42. The largest absolute Gasteiger partial charge is 0.489 e. The van der Waals surface area contributed by atoms with Crippen LogP contribution < -0.4 is 19.8 Å². The number of benzene rings is 2. The molecule has 174 valence electrons. The summed E-state index contributed by atoms with van der Waals surface area (Å²) >= 11 is 0. The third-order valence-electron chi connectivity index (χ3n) is 5.10. The second-order valence-corrected chi connectivity index (χ2v) is 8.11. The molecule has 0 N–H and O–H groups in total. The standard InChI is InChI=1S/C27H31NO5/c1-5-6-15-28-24-17-22(32-18-21-10-8-7-9-11-21)12-13-23(24)25(31-16-14-19(2)3)26(27(28)30)33-20(4)29/h7-14,17H,5-6,15-16,18H2,1-4H3. The molecule has 0 aliphatic heterocycles. The number of aromatic nitrogens is 1. The fraction of sp³-hybridized carbons (Fsp3) is 0.333. The minimum absolute atomic E-state index is 0.0776. The quantitative estimate of drug-likeness (QED) is 0.296. The highest BCUT2D eigenvalue weighted by atomic mass is 16.6. The summed E-state index contributed by atoms with van der Waals surface area (Å²) in [7, 11) is 0. The number of ether oxygens (including phenoxy) is 3. The smallest absolute Gasteiger partial charge is 0.308 e. The second-order valence-electron chi connectivity index (χ2n) is 8.11. The maximum absolute atomic E-state index is 13.4. The zero-order chi connectivity index (χ0) is 23.8. The number of aryl methyl sites for hydroxylation is 1. The summed E-state index contributed by atoms with van der Waals surface area (Å²) in [5.41, 5.74) is 2.43. The molecule has 6 nitrogen and oxygen atoms in total. The Labute approximate surface area is 194 Å². The van der Waals surface area contributed by atoms with E-state index in [1.165, 1.54) is 6.92 Å². The van der Waals surface area contributed by atoms with Gasteiger partial charge in [0.05, 0.1) is 5.52 Å². The second kappa shape index (κ2) is 11.4. The summed E-state index contributed by atoms with van der Waals surface area (Å²) in [4.78, 5) is 25.2. The number of rotatable bonds is 10. The molecule has 0 unspecified atom stereocenters. The molecule has 0 aliphatic carbocycles. The summed E-state index contributed by atoms with van der Waals surface area (Å²) in [6.45, 7) is 8.45. The monoisotopic (exact) mass is 449 g/mol. The van der Waals surface area contributed by atoms with Crippen LogP contribution in [0.5, 0.6) is 17.2 Å². The lowest BCUT2D eigenvalue weighted by atomic mass is 10.1. The van der Waals surface area contributed by atoms with Gasteiger partial charge in [-0.15, -0.1) is 0 Å². The number of hydrogen-bond acceptors (Lipinski definition) is 5. The van der Waals surface area contributed by atoms with Gasteiger partial charge in [0.25, 0.3) is 5.56 Å². The van der Waals surface area contributed by atoms with Gasteiger partial charge in [-0.2, -0.15) is 0 Å². The first-order valence-electron chi connectivity index (χ1n) is 11.2. The van der Waals surface area contributed by atoms with Gasteiger partial charge in [-0.1, -0.05) is 49.2 Å². The van der Waals surface area contributed by atoms with Crippen molar-refractivity contribution in [1.82, 2.24) is 4.57 Å². The average molecular weight is 450 g/mol. The molecule has 0 radical (unpaired) electrons. The maximum atomic E-state index is 13.4. The van der Waals surface area contributed by atoms with Crippen molar-refractivity contribution in [3.05, 3.63) is 76.1 Å². The van der Waals surface area contributed by atoms with Crippen molar-refractivity contribution in [1.29, 1.82) is 0 Å². The lowest BCUT2D eigenvalue weighted by Crippen LogP contribution is -2.25. The van der Waals surface area contributed by atoms with E-state index in [4.69, 9.17) is 14.2 Å². The number of allylic oxidation sites excluding steroid dienone is 1. The van der Waals surface area contributed by atoms with Crippen LogP contribution in [0.25, 0.3) is 10.9 Å².